The summed E-state index contributed by atoms with van der Waals surface area (Å²) >= 11 is 0. The first-order valence-electron chi connectivity index (χ1n) is 9.12. The van der Waals surface area contributed by atoms with Gasteiger partial charge in [-0.25, -0.2) is 0 Å². The van der Waals surface area contributed by atoms with Crippen molar-refractivity contribution in [2.45, 2.75) is 18.8 Å². The van der Waals surface area contributed by atoms with Gasteiger partial charge in [-0.3, -0.25) is 9.89 Å². The number of carbonyl (C=O) groups excluding carboxylic acids is 1. The number of H-pyrrole nitrogens is 1. The highest BCUT2D eigenvalue weighted by Gasteiger charge is 2.29. The number of nitrogens with one attached hydrogen (secondary N) is 2. The number of hydrogen-bond acceptors (Lipinski definition) is 5. The minimum absolute atomic E-state index is 0.230. The molecule has 2 aromatic heterocycles. The summed E-state index contributed by atoms with van der Waals surface area (Å²) in [4.78, 5) is 17.2. The summed E-state index contributed by atoms with van der Waals surface area (Å²) < 4.78 is 5.32. The van der Waals surface area contributed by atoms with E-state index in [1.807, 2.05) is 42.5 Å². The number of rotatable bonds is 5. The number of amides is 1. The van der Waals surface area contributed by atoms with Crippen molar-refractivity contribution in [2.24, 2.45) is 0 Å². The lowest BCUT2D eigenvalue weighted by Crippen LogP contribution is -2.12. The van der Waals surface area contributed by atoms with Gasteiger partial charge in [0.1, 0.15) is 0 Å². The molecule has 1 saturated carbocycles. The first-order chi connectivity index (χ1) is 13.8. The largest absolute Gasteiger partial charge is 0.339 e. The third kappa shape index (κ3) is 3.18. The maximum Gasteiger partial charge on any atom is 0.255 e. The van der Waals surface area contributed by atoms with E-state index in [9.17, 15) is 4.79 Å². The SMILES string of the molecule is O=C(Nc1cn[nH]c1-c1ccccc1)c1cccc(-c2noc(C3CC3)n2)c1. The lowest BCUT2D eigenvalue weighted by molar-refractivity contribution is 0.102. The Morgan fingerprint density at radius 3 is 2.71 bits per heavy atom. The molecule has 2 aromatic carbocycles. The molecule has 0 spiro atoms. The molecule has 7 nitrogen and oxygen atoms in total. The van der Waals surface area contributed by atoms with Crippen LogP contribution < -0.4 is 5.32 Å². The highest BCUT2D eigenvalue weighted by Crippen LogP contribution is 2.39. The second kappa shape index (κ2) is 6.77. The molecular formula is C21H17N5O2. The Kier molecular flexibility index (Phi) is 3.97. The van der Waals surface area contributed by atoms with E-state index in [2.05, 4.69) is 25.7 Å². The summed E-state index contributed by atoms with van der Waals surface area (Å²) in [5, 5.41) is 14.0. The molecule has 1 aliphatic carbocycles. The minimum atomic E-state index is -0.230. The van der Waals surface area contributed by atoms with E-state index in [1.165, 1.54) is 0 Å². The number of hydrogen-bond donors (Lipinski definition) is 2. The van der Waals surface area contributed by atoms with E-state index in [1.54, 1.807) is 18.3 Å². The van der Waals surface area contributed by atoms with Crippen molar-refractivity contribution in [3.05, 3.63) is 72.2 Å². The van der Waals surface area contributed by atoms with Crippen LogP contribution in [-0.4, -0.2) is 26.2 Å². The van der Waals surface area contributed by atoms with Crippen molar-refractivity contribution in [3.8, 4) is 22.6 Å². The van der Waals surface area contributed by atoms with Crippen LogP contribution in [0.4, 0.5) is 5.69 Å². The molecule has 0 bridgehead atoms. The fourth-order valence-electron chi connectivity index (χ4n) is 3.05. The molecular weight excluding hydrogens is 354 g/mol. The Balaban J connectivity index is 1.38. The number of aromatic nitrogens is 4. The summed E-state index contributed by atoms with van der Waals surface area (Å²) in [5.41, 5.74) is 3.59. The molecule has 1 aliphatic rings. The number of aromatic amines is 1. The average molecular weight is 371 g/mol. The number of carbonyl (C=O) groups is 1. The Hall–Kier alpha value is -3.74. The number of nitrogens with zero attached hydrogens (tertiary/aromatic N) is 3. The van der Waals surface area contributed by atoms with E-state index in [0.717, 1.165) is 29.7 Å². The molecule has 0 aliphatic heterocycles. The lowest BCUT2D eigenvalue weighted by atomic mass is 10.1. The van der Waals surface area contributed by atoms with Gasteiger partial charge >= 0.3 is 0 Å². The van der Waals surface area contributed by atoms with Crippen LogP contribution in [0.2, 0.25) is 0 Å². The molecule has 138 valence electrons. The highest BCUT2D eigenvalue weighted by atomic mass is 16.5. The van der Waals surface area contributed by atoms with Gasteiger partial charge in [0.05, 0.1) is 17.6 Å². The van der Waals surface area contributed by atoms with Crippen molar-refractivity contribution in [1.29, 1.82) is 0 Å². The predicted molar refractivity (Wildman–Crippen MR) is 104 cm³/mol. The third-order valence-electron chi connectivity index (χ3n) is 4.70. The predicted octanol–water partition coefficient (Wildman–Crippen LogP) is 4.26. The van der Waals surface area contributed by atoms with Crippen molar-refractivity contribution in [3.63, 3.8) is 0 Å². The molecule has 2 N–H and O–H groups in total. The quantitative estimate of drug-likeness (QED) is 0.546. The third-order valence-corrected chi connectivity index (χ3v) is 4.70. The van der Waals surface area contributed by atoms with E-state index >= 15 is 0 Å². The zero-order valence-corrected chi connectivity index (χ0v) is 14.9. The van der Waals surface area contributed by atoms with Crippen molar-refractivity contribution >= 4 is 11.6 Å². The van der Waals surface area contributed by atoms with Crippen LogP contribution in [0, 0.1) is 0 Å². The molecule has 0 unspecified atom stereocenters. The molecule has 5 rings (SSSR count). The van der Waals surface area contributed by atoms with Gasteiger partial charge < -0.3 is 9.84 Å². The second-order valence-corrected chi connectivity index (χ2v) is 6.79. The lowest BCUT2D eigenvalue weighted by Gasteiger charge is -2.07. The Morgan fingerprint density at radius 2 is 1.89 bits per heavy atom. The normalized spacial score (nSPS) is 13.4. The van der Waals surface area contributed by atoms with Gasteiger partial charge in [-0.2, -0.15) is 10.1 Å². The topological polar surface area (TPSA) is 96.7 Å². The maximum atomic E-state index is 12.8. The summed E-state index contributed by atoms with van der Waals surface area (Å²) in [6.45, 7) is 0. The molecule has 1 amide bonds. The van der Waals surface area contributed by atoms with Gasteiger partial charge in [0, 0.05) is 22.6 Å². The van der Waals surface area contributed by atoms with Crippen LogP contribution in [0.1, 0.15) is 35.0 Å². The van der Waals surface area contributed by atoms with Crippen molar-refractivity contribution in [2.75, 3.05) is 5.32 Å². The van der Waals surface area contributed by atoms with Gasteiger partial charge in [-0.05, 0) is 25.0 Å². The Labute approximate surface area is 160 Å². The minimum Gasteiger partial charge on any atom is -0.339 e. The summed E-state index contributed by atoms with van der Waals surface area (Å²) in [7, 11) is 0. The van der Waals surface area contributed by atoms with E-state index < -0.39 is 0 Å². The van der Waals surface area contributed by atoms with Gasteiger partial charge in [0.15, 0.2) is 0 Å². The van der Waals surface area contributed by atoms with E-state index in [4.69, 9.17) is 4.52 Å². The molecule has 4 aromatic rings. The smallest absolute Gasteiger partial charge is 0.255 e. The van der Waals surface area contributed by atoms with Crippen molar-refractivity contribution in [1.82, 2.24) is 20.3 Å². The molecule has 7 heteroatoms. The van der Waals surface area contributed by atoms with Crippen LogP contribution in [0.25, 0.3) is 22.6 Å². The van der Waals surface area contributed by atoms with Crippen LogP contribution in [-0.2, 0) is 0 Å². The Bertz CT molecular complexity index is 1130. The molecule has 0 radical (unpaired) electrons. The fraction of sp³-hybridized carbons (Fsp3) is 0.143. The van der Waals surface area contributed by atoms with Crippen LogP contribution in [0.15, 0.2) is 65.3 Å². The van der Waals surface area contributed by atoms with E-state index in [0.29, 0.717) is 28.9 Å². The second-order valence-electron chi connectivity index (χ2n) is 6.79. The zero-order chi connectivity index (χ0) is 18.9. The summed E-state index contributed by atoms with van der Waals surface area (Å²) in [6, 6.07) is 16.9. The van der Waals surface area contributed by atoms with Gasteiger partial charge in [-0.1, -0.05) is 47.6 Å². The summed E-state index contributed by atoms with van der Waals surface area (Å²) in [5.74, 6) is 1.34. The Morgan fingerprint density at radius 1 is 1.07 bits per heavy atom. The van der Waals surface area contributed by atoms with Gasteiger partial charge in [-0.15, -0.1) is 0 Å². The average Bonchev–Trinajstić information content (AvgIpc) is 3.28. The number of anilines is 1. The van der Waals surface area contributed by atoms with Crippen LogP contribution in [0.5, 0.6) is 0 Å². The summed E-state index contributed by atoms with van der Waals surface area (Å²) in [6.07, 6.45) is 3.79. The van der Waals surface area contributed by atoms with Gasteiger partial charge in [0.2, 0.25) is 11.7 Å². The fourth-order valence-corrected chi connectivity index (χ4v) is 3.05. The number of benzene rings is 2. The molecule has 28 heavy (non-hydrogen) atoms. The highest BCUT2D eigenvalue weighted by molar-refractivity contribution is 6.06. The van der Waals surface area contributed by atoms with Crippen LogP contribution in [0.3, 0.4) is 0 Å². The van der Waals surface area contributed by atoms with Gasteiger partial charge in [0.25, 0.3) is 5.91 Å². The molecule has 1 fully saturated rings. The molecule has 0 saturated heterocycles. The van der Waals surface area contributed by atoms with Crippen molar-refractivity contribution < 1.29 is 9.32 Å². The van der Waals surface area contributed by atoms with Crippen LogP contribution >= 0.6 is 0 Å². The zero-order valence-electron chi connectivity index (χ0n) is 14.9. The molecule has 2 heterocycles. The standard InChI is InChI=1S/C21H17N5O2/c27-20(23-17-12-22-25-18(17)13-5-2-1-3-6-13)16-8-4-7-15(11-16)19-24-21(28-26-19)14-9-10-14/h1-8,11-12,14H,9-10H2,(H,22,25)(H,23,27). The first-order valence-corrected chi connectivity index (χ1v) is 9.12. The molecule has 0 atom stereocenters. The van der Waals surface area contributed by atoms with E-state index in [-0.39, 0.29) is 5.91 Å². The maximum absolute atomic E-state index is 12.8. The monoisotopic (exact) mass is 371 g/mol. The first kappa shape index (κ1) is 16.4.